The molecule has 0 unspecified atom stereocenters. The molecule has 2 heterocycles. The number of hydrogen-bond acceptors (Lipinski definition) is 4. The van der Waals surface area contributed by atoms with Gasteiger partial charge in [-0.25, -0.2) is 9.97 Å². The summed E-state index contributed by atoms with van der Waals surface area (Å²) >= 11 is 7.75. The maximum atomic E-state index is 12.2. The molecule has 3 aromatic rings. The third kappa shape index (κ3) is 3.04. The summed E-state index contributed by atoms with van der Waals surface area (Å²) in [7, 11) is 0. The Morgan fingerprint density at radius 1 is 1.38 bits per heavy atom. The number of carbonyl (C=O) groups is 1. The monoisotopic (exact) mass is 317 g/mol. The lowest BCUT2D eigenvalue weighted by atomic mass is 10.2. The molecule has 0 spiro atoms. The fraction of sp³-hybridized carbons (Fsp3) is 0.133. The summed E-state index contributed by atoms with van der Waals surface area (Å²) in [6, 6.07) is 9.06. The molecular weight excluding hydrogens is 306 g/mol. The molecule has 0 saturated carbocycles. The summed E-state index contributed by atoms with van der Waals surface area (Å²) in [6.07, 6.45) is 1.79. The van der Waals surface area contributed by atoms with Crippen LogP contribution in [0.2, 0.25) is 5.02 Å². The lowest BCUT2D eigenvalue weighted by Gasteiger charge is -2.05. The quantitative estimate of drug-likeness (QED) is 0.803. The third-order valence-corrected chi connectivity index (χ3v) is 4.19. The number of aryl methyl sites for hydroxylation is 1. The number of rotatable bonds is 3. The molecule has 3 rings (SSSR count). The van der Waals surface area contributed by atoms with Crippen molar-refractivity contribution in [2.45, 2.75) is 13.5 Å². The first-order valence-electron chi connectivity index (χ1n) is 6.38. The highest BCUT2D eigenvalue weighted by Gasteiger charge is 2.11. The average Bonchev–Trinajstić information content (AvgIpc) is 2.90. The van der Waals surface area contributed by atoms with Crippen LogP contribution in [0.5, 0.6) is 0 Å². The lowest BCUT2D eigenvalue weighted by molar-refractivity contribution is 0.0946. The van der Waals surface area contributed by atoms with Gasteiger partial charge in [-0.3, -0.25) is 4.79 Å². The molecule has 0 fully saturated rings. The van der Waals surface area contributed by atoms with Crippen LogP contribution < -0.4 is 5.32 Å². The molecule has 0 aliphatic rings. The number of halogens is 1. The van der Waals surface area contributed by atoms with Crippen molar-refractivity contribution < 1.29 is 4.79 Å². The first-order chi connectivity index (χ1) is 10.1. The van der Waals surface area contributed by atoms with E-state index in [1.165, 1.54) is 0 Å². The Balaban J connectivity index is 1.81. The minimum absolute atomic E-state index is 0.254. The van der Waals surface area contributed by atoms with Crippen LogP contribution in [0.4, 0.5) is 0 Å². The van der Waals surface area contributed by atoms with Crippen LogP contribution in [0.25, 0.3) is 10.9 Å². The number of thiazole rings is 1. The van der Waals surface area contributed by atoms with Gasteiger partial charge < -0.3 is 5.32 Å². The number of hydrogen-bond donors (Lipinski definition) is 1. The van der Waals surface area contributed by atoms with E-state index in [0.29, 0.717) is 22.8 Å². The van der Waals surface area contributed by atoms with Gasteiger partial charge in [0.1, 0.15) is 10.7 Å². The van der Waals surface area contributed by atoms with Crippen molar-refractivity contribution in [3.05, 3.63) is 57.1 Å². The van der Waals surface area contributed by atoms with Gasteiger partial charge in [0.05, 0.1) is 17.1 Å². The summed E-state index contributed by atoms with van der Waals surface area (Å²) in [6.45, 7) is 2.37. The Labute approximate surface area is 130 Å². The van der Waals surface area contributed by atoms with Gasteiger partial charge >= 0.3 is 0 Å². The fourth-order valence-corrected chi connectivity index (χ4v) is 2.97. The molecule has 0 aliphatic heterocycles. The molecule has 106 valence electrons. The number of pyridine rings is 1. The van der Waals surface area contributed by atoms with Gasteiger partial charge in [0.15, 0.2) is 0 Å². The molecule has 1 amide bonds. The van der Waals surface area contributed by atoms with Gasteiger partial charge in [-0.2, -0.15) is 0 Å². The molecule has 0 radical (unpaired) electrons. The number of aromatic nitrogens is 2. The van der Waals surface area contributed by atoms with Gasteiger partial charge in [0.25, 0.3) is 5.91 Å². The predicted octanol–water partition coefficient (Wildman–Crippen LogP) is 3.58. The largest absolute Gasteiger partial charge is 0.344 e. The Kier molecular flexibility index (Phi) is 3.86. The van der Waals surface area contributed by atoms with Crippen molar-refractivity contribution in [3.8, 4) is 0 Å². The lowest BCUT2D eigenvalue weighted by Crippen LogP contribution is -2.23. The van der Waals surface area contributed by atoms with Crippen molar-refractivity contribution >= 4 is 39.7 Å². The van der Waals surface area contributed by atoms with Crippen molar-refractivity contribution in [2.24, 2.45) is 0 Å². The van der Waals surface area contributed by atoms with Crippen molar-refractivity contribution in [1.29, 1.82) is 0 Å². The highest BCUT2D eigenvalue weighted by molar-refractivity contribution is 7.11. The van der Waals surface area contributed by atoms with E-state index in [9.17, 15) is 4.79 Å². The van der Waals surface area contributed by atoms with Crippen LogP contribution in [-0.2, 0) is 6.54 Å². The summed E-state index contributed by atoms with van der Waals surface area (Å²) in [5.74, 6) is -0.254. The smallest absolute Gasteiger partial charge is 0.270 e. The van der Waals surface area contributed by atoms with Crippen LogP contribution in [0, 0.1) is 6.92 Å². The molecular formula is C15H12ClN3OS. The Bertz CT molecular complexity index is 816. The predicted molar refractivity (Wildman–Crippen MR) is 84.8 cm³/mol. The maximum absolute atomic E-state index is 12.2. The second-order valence-electron chi connectivity index (χ2n) is 4.55. The number of fused-ring (bicyclic) bond motifs is 1. The minimum atomic E-state index is -0.254. The highest BCUT2D eigenvalue weighted by Crippen LogP contribution is 2.22. The molecule has 0 saturated heterocycles. The van der Waals surface area contributed by atoms with E-state index in [1.54, 1.807) is 23.6 Å². The minimum Gasteiger partial charge on any atom is -0.344 e. The maximum Gasteiger partial charge on any atom is 0.270 e. The van der Waals surface area contributed by atoms with Crippen molar-refractivity contribution in [2.75, 3.05) is 0 Å². The summed E-state index contributed by atoms with van der Waals surface area (Å²) in [5, 5.41) is 5.04. The normalized spacial score (nSPS) is 10.8. The SMILES string of the molecule is Cc1cnc(CNC(=O)c2cc(Cl)c3ccccc3n2)s1. The molecule has 0 aliphatic carbocycles. The number of para-hydroxylation sites is 1. The molecule has 0 atom stereocenters. The van der Waals surface area contributed by atoms with Gasteiger partial charge in [0, 0.05) is 16.5 Å². The number of nitrogens with one attached hydrogen (secondary N) is 1. The van der Waals surface area contributed by atoms with E-state index >= 15 is 0 Å². The van der Waals surface area contributed by atoms with E-state index in [2.05, 4.69) is 15.3 Å². The van der Waals surface area contributed by atoms with E-state index in [4.69, 9.17) is 11.6 Å². The summed E-state index contributed by atoms with van der Waals surface area (Å²) in [5.41, 5.74) is 1.02. The molecule has 21 heavy (non-hydrogen) atoms. The Morgan fingerprint density at radius 2 is 2.19 bits per heavy atom. The van der Waals surface area contributed by atoms with E-state index in [1.807, 2.05) is 31.2 Å². The highest BCUT2D eigenvalue weighted by atomic mass is 35.5. The molecule has 1 aromatic carbocycles. The van der Waals surface area contributed by atoms with Crippen LogP contribution in [0.3, 0.4) is 0 Å². The first-order valence-corrected chi connectivity index (χ1v) is 7.58. The second-order valence-corrected chi connectivity index (χ2v) is 6.28. The fourth-order valence-electron chi connectivity index (χ4n) is 1.98. The molecule has 1 N–H and O–H groups in total. The zero-order valence-electron chi connectivity index (χ0n) is 11.3. The third-order valence-electron chi connectivity index (χ3n) is 2.97. The van der Waals surface area contributed by atoms with E-state index < -0.39 is 0 Å². The summed E-state index contributed by atoms with van der Waals surface area (Å²) in [4.78, 5) is 21.8. The van der Waals surface area contributed by atoms with Gasteiger partial charge in [-0.1, -0.05) is 29.8 Å². The van der Waals surface area contributed by atoms with E-state index in [-0.39, 0.29) is 5.91 Å². The summed E-state index contributed by atoms with van der Waals surface area (Å²) < 4.78 is 0. The number of amides is 1. The van der Waals surface area contributed by atoms with E-state index in [0.717, 1.165) is 15.3 Å². The Morgan fingerprint density at radius 3 is 2.95 bits per heavy atom. The van der Waals surface area contributed by atoms with Gasteiger partial charge in [0.2, 0.25) is 0 Å². The zero-order chi connectivity index (χ0) is 14.8. The van der Waals surface area contributed by atoms with Crippen LogP contribution in [-0.4, -0.2) is 15.9 Å². The Hall–Kier alpha value is -1.98. The molecule has 2 aromatic heterocycles. The topological polar surface area (TPSA) is 54.9 Å². The number of benzene rings is 1. The molecule has 0 bridgehead atoms. The molecule has 6 heteroatoms. The average molecular weight is 318 g/mol. The van der Waals surface area contributed by atoms with Crippen molar-refractivity contribution in [3.63, 3.8) is 0 Å². The number of carbonyl (C=O) groups excluding carboxylic acids is 1. The second kappa shape index (κ2) is 5.79. The standard InChI is InChI=1S/C15H12ClN3OS/c1-9-7-17-14(21-9)8-18-15(20)13-6-11(16)10-4-2-3-5-12(10)19-13/h2-7H,8H2,1H3,(H,18,20). The first kappa shape index (κ1) is 14.0. The number of nitrogens with zero attached hydrogens (tertiary/aromatic N) is 2. The van der Waals surface area contributed by atoms with Gasteiger partial charge in [-0.05, 0) is 19.1 Å². The molecule has 4 nitrogen and oxygen atoms in total. The van der Waals surface area contributed by atoms with Crippen LogP contribution >= 0.6 is 22.9 Å². The van der Waals surface area contributed by atoms with Gasteiger partial charge in [-0.15, -0.1) is 11.3 Å². The van der Waals surface area contributed by atoms with Crippen LogP contribution in [0.1, 0.15) is 20.4 Å². The van der Waals surface area contributed by atoms with Crippen molar-refractivity contribution in [1.82, 2.24) is 15.3 Å². The van der Waals surface area contributed by atoms with Crippen LogP contribution in [0.15, 0.2) is 36.5 Å². The zero-order valence-corrected chi connectivity index (χ0v) is 12.8.